The van der Waals surface area contributed by atoms with Gasteiger partial charge in [-0.3, -0.25) is 10.1 Å². The molecule has 6 nitrogen and oxygen atoms in total. The molecule has 0 aliphatic carbocycles. The van der Waals surface area contributed by atoms with Crippen LogP contribution in [0.15, 0.2) is 36.4 Å². The van der Waals surface area contributed by atoms with Crippen molar-refractivity contribution in [3.8, 4) is 5.75 Å². The van der Waals surface area contributed by atoms with Gasteiger partial charge >= 0.3 is 5.97 Å². The lowest BCUT2D eigenvalue weighted by Crippen LogP contribution is -2.21. The number of benzene rings is 2. The number of esters is 1. The van der Waals surface area contributed by atoms with E-state index in [-0.39, 0.29) is 5.56 Å². The third kappa shape index (κ3) is 4.76. The molecule has 9 heteroatoms. The highest BCUT2D eigenvalue weighted by molar-refractivity contribution is 7.22. The Morgan fingerprint density at radius 2 is 1.89 bits per heavy atom. The maximum Gasteiger partial charge on any atom is 0.338 e. The Kier molecular flexibility index (Phi) is 5.60. The first kappa shape index (κ1) is 18.7. The van der Waals surface area contributed by atoms with Crippen LogP contribution in [0.5, 0.6) is 5.75 Å². The van der Waals surface area contributed by atoms with Crippen LogP contribution in [0, 0.1) is 11.6 Å². The minimum Gasteiger partial charge on any atom is -0.494 e. The Bertz CT molecular complexity index is 986. The van der Waals surface area contributed by atoms with E-state index in [1.807, 2.05) is 13.0 Å². The van der Waals surface area contributed by atoms with Crippen molar-refractivity contribution in [1.29, 1.82) is 0 Å². The van der Waals surface area contributed by atoms with E-state index in [9.17, 15) is 18.4 Å². The number of hydrogen-bond donors (Lipinski definition) is 1. The number of anilines is 1. The first-order valence-electron chi connectivity index (χ1n) is 7.91. The molecule has 0 saturated heterocycles. The first-order chi connectivity index (χ1) is 12.9. The quantitative estimate of drug-likeness (QED) is 0.646. The SMILES string of the molecule is CCOc1ccc2nc(NC(=O)COC(=O)c3cc(F)cc(F)c3)sc2c1. The fourth-order valence-electron chi connectivity index (χ4n) is 2.26. The van der Waals surface area contributed by atoms with Gasteiger partial charge in [-0.15, -0.1) is 0 Å². The molecule has 2 aromatic carbocycles. The molecule has 1 N–H and O–H groups in total. The Balaban J connectivity index is 1.60. The van der Waals surface area contributed by atoms with Crippen LogP contribution in [0.4, 0.5) is 13.9 Å². The average molecular weight is 392 g/mol. The summed E-state index contributed by atoms with van der Waals surface area (Å²) in [5.74, 6) is -2.75. The van der Waals surface area contributed by atoms with Crippen molar-refractivity contribution in [2.24, 2.45) is 0 Å². The molecule has 0 saturated carbocycles. The molecule has 0 aliphatic heterocycles. The molecule has 27 heavy (non-hydrogen) atoms. The summed E-state index contributed by atoms with van der Waals surface area (Å²) in [6, 6.07) is 7.64. The van der Waals surface area contributed by atoms with Gasteiger partial charge in [-0.25, -0.2) is 18.6 Å². The molecule has 3 aromatic rings. The van der Waals surface area contributed by atoms with Gasteiger partial charge in [-0.1, -0.05) is 11.3 Å². The molecular weight excluding hydrogens is 378 g/mol. The second kappa shape index (κ2) is 8.09. The molecule has 1 amide bonds. The number of aromatic nitrogens is 1. The lowest BCUT2D eigenvalue weighted by atomic mass is 10.2. The summed E-state index contributed by atoms with van der Waals surface area (Å²) in [5.41, 5.74) is 0.370. The topological polar surface area (TPSA) is 77.5 Å². The van der Waals surface area contributed by atoms with Crippen molar-refractivity contribution in [2.45, 2.75) is 6.92 Å². The van der Waals surface area contributed by atoms with Crippen LogP contribution in [0.1, 0.15) is 17.3 Å². The maximum atomic E-state index is 13.1. The molecule has 0 bridgehead atoms. The minimum atomic E-state index is -1.01. The van der Waals surface area contributed by atoms with E-state index in [2.05, 4.69) is 10.3 Å². The third-order valence-electron chi connectivity index (χ3n) is 3.35. The van der Waals surface area contributed by atoms with Gasteiger partial charge in [0, 0.05) is 6.07 Å². The van der Waals surface area contributed by atoms with Crippen LogP contribution in [-0.4, -0.2) is 30.1 Å². The highest BCUT2D eigenvalue weighted by Crippen LogP contribution is 2.29. The third-order valence-corrected chi connectivity index (χ3v) is 4.28. The number of rotatable bonds is 6. The van der Waals surface area contributed by atoms with Gasteiger partial charge in [0.15, 0.2) is 11.7 Å². The molecule has 1 heterocycles. The molecule has 0 unspecified atom stereocenters. The summed E-state index contributed by atoms with van der Waals surface area (Å²) in [5, 5.41) is 2.84. The number of hydrogen-bond acceptors (Lipinski definition) is 6. The van der Waals surface area contributed by atoms with Gasteiger partial charge < -0.3 is 9.47 Å². The molecule has 0 fully saturated rings. The van der Waals surface area contributed by atoms with E-state index in [1.165, 1.54) is 11.3 Å². The zero-order valence-electron chi connectivity index (χ0n) is 14.1. The molecule has 0 atom stereocenters. The molecular formula is C18H14F2N2O4S. The van der Waals surface area contributed by atoms with Crippen molar-refractivity contribution in [1.82, 2.24) is 4.98 Å². The number of amides is 1. The fourth-order valence-corrected chi connectivity index (χ4v) is 3.17. The van der Waals surface area contributed by atoms with Gasteiger partial charge in [0.25, 0.3) is 5.91 Å². The number of nitrogens with one attached hydrogen (secondary N) is 1. The number of nitrogens with zero attached hydrogens (tertiary/aromatic N) is 1. The first-order valence-corrected chi connectivity index (χ1v) is 8.72. The number of halogens is 2. The molecule has 0 radical (unpaired) electrons. The number of carbonyl (C=O) groups is 2. The van der Waals surface area contributed by atoms with E-state index in [0.29, 0.717) is 29.1 Å². The van der Waals surface area contributed by atoms with Crippen LogP contribution in [0.25, 0.3) is 10.2 Å². The fraction of sp³-hybridized carbons (Fsp3) is 0.167. The van der Waals surface area contributed by atoms with Crippen LogP contribution in [0.2, 0.25) is 0 Å². The normalized spacial score (nSPS) is 10.6. The Labute approximate surface area is 156 Å². The summed E-state index contributed by atoms with van der Waals surface area (Å²) < 4.78 is 37.2. The van der Waals surface area contributed by atoms with Gasteiger partial charge in [-0.05, 0) is 37.3 Å². The van der Waals surface area contributed by atoms with E-state index < -0.39 is 30.1 Å². The highest BCUT2D eigenvalue weighted by Gasteiger charge is 2.14. The van der Waals surface area contributed by atoms with Gasteiger partial charge in [0.05, 0.1) is 22.4 Å². The largest absolute Gasteiger partial charge is 0.494 e. The van der Waals surface area contributed by atoms with Crippen molar-refractivity contribution >= 4 is 38.6 Å². The lowest BCUT2D eigenvalue weighted by molar-refractivity contribution is -0.119. The van der Waals surface area contributed by atoms with Crippen molar-refractivity contribution in [3.63, 3.8) is 0 Å². The van der Waals surface area contributed by atoms with Gasteiger partial charge in [0.2, 0.25) is 0 Å². The smallest absolute Gasteiger partial charge is 0.338 e. The maximum absolute atomic E-state index is 13.1. The highest BCUT2D eigenvalue weighted by atomic mass is 32.1. The number of carbonyl (C=O) groups excluding carboxylic acids is 2. The van der Waals surface area contributed by atoms with E-state index in [0.717, 1.165) is 16.8 Å². The Morgan fingerprint density at radius 3 is 2.59 bits per heavy atom. The molecule has 0 aliphatic rings. The van der Waals surface area contributed by atoms with Crippen LogP contribution < -0.4 is 10.1 Å². The van der Waals surface area contributed by atoms with Crippen LogP contribution >= 0.6 is 11.3 Å². The van der Waals surface area contributed by atoms with Gasteiger partial charge in [-0.2, -0.15) is 0 Å². The van der Waals surface area contributed by atoms with Crippen molar-refractivity contribution in [3.05, 3.63) is 53.6 Å². The predicted molar refractivity (Wildman–Crippen MR) is 96.1 cm³/mol. The van der Waals surface area contributed by atoms with Crippen LogP contribution in [-0.2, 0) is 9.53 Å². The standard InChI is InChI=1S/C18H14F2N2O4S/c1-2-25-13-3-4-14-15(8-13)27-18(21-14)22-16(23)9-26-17(24)10-5-11(19)7-12(20)6-10/h3-8H,2,9H2,1H3,(H,21,22,23). The summed E-state index contributed by atoms with van der Waals surface area (Å²) >= 11 is 1.24. The van der Waals surface area contributed by atoms with E-state index >= 15 is 0 Å². The monoisotopic (exact) mass is 392 g/mol. The predicted octanol–water partition coefficient (Wildman–Crippen LogP) is 3.77. The zero-order valence-corrected chi connectivity index (χ0v) is 14.9. The number of fused-ring (bicyclic) bond motifs is 1. The molecule has 3 rings (SSSR count). The molecule has 1 aromatic heterocycles. The van der Waals surface area contributed by atoms with Crippen molar-refractivity contribution < 1.29 is 27.8 Å². The summed E-state index contributed by atoms with van der Waals surface area (Å²) in [4.78, 5) is 28.0. The van der Waals surface area contributed by atoms with Gasteiger partial charge in [0.1, 0.15) is 17.4 Å². The van der Waals surface area contributed by atoms with Crippen LogP contribution in [0.3, 0.4) is 0 Å². The second-order valence-electron chi connectivity index (χ2n) is 5.36. The van der Waals surface area contributed by atoms with E-state index in [4.69, 9.17) is 9.47 Å². The average Bonchev–Trinajstić information content (AvgIpc) is 3.00. The summed E-state index contributed by atoms with van der Waals surface area (Å²) in [6.45, 7) is 1.80. The van der Waals surface area contributed by atoms with Crippen molar-refractivity contribution in [2.75, 3.05) is 18.5 Å². The number of thiazole rings is 1. The van der Waals surface area contributed by atoms with E-state index in [1.54, 1.807) is 12.1 Å². The second-order valence-corrected chi connectivity index (χ2v) is 6.39. The summed E-state index contributed by atoms with van der Waals surface area (Å²) in [7, 11) is 0. The summed E-state index contributed by atoms with van der Waals surface area (Å²) in [6.07, 6.45) is 0. The molecule has 140 valence electrons. The zero-order chi connectivity index (χ0) is 19.4. The molecule has 0 spiro atoms. The minimum absolute atomic E-state index is 0.316. The Hall–Kier alpha value is -3.07. The number of ether oxygens (including phenoxy) is 2. The Morgan fingerprint density at radius 1 is 1.15 bits per heavy atom. The lowest BCUT2D eigenvalue weighted by Gasteiger charge is -2.05.